The van der Waals surface area contributed by atoms with E-state index < -0.39 is 0 Å². The topological polar surface area (TPSA) is 67.3 Å². The summed E-state index contributed by atoms with van der Waals surface area (Å²) in [4.78, 5) is 8.38. The summed E-state index contributed by atoms with van der Waals surface area (Å²) in [6.07, 6.45) is 7.59. The first-order valence-electron chi connectivity index (χ1n) is 8.26. The number of aryl methyl sites for hydroxylation is 1. The molecule has 3 rings (SSSR count). The van der Waals surface area contributed by atoms with Crippen molar-refractivity contribution in [1.29, 1.82) is 0 Å². The zero-order valence-corrected chi connectivity index (χ0v) is 13.4. The highest BCUT2D eigenvalue weighted by Crippen LogP contribution is 2.29. The number of aliphatic hydroxyl groups is 1. The van der Waals surface area contributed by atoms with Crippen molar-refractivity contribution >= 4 is 5.82 Å². The van der Waals surface area contributed by atoms with Crippen LogP contribution in [0.15, 0.2) is 36.8 Å². The molecule has 0 radical (unpaired) electrons. The molecule has 0 spiro atoms. The van der Waals surface area contributed by atoms with E-state index in [4.69, 9.17) is 4.74 Å². The molecule has 2 N–H and O–H groups in total. The van der Waals surface area contributed by atoms with E-state index in [1.54, 1.807) is 6.20 Å². The molecule has 0 amide bonds. The van der Waals surface area contributed by atoms with Crippen molar-refractivity contribution in [2.24, 2.45) is 0 Å². The molecule has 1 aromatic heterocycles. The maximum Gasteiger partial charge on any atom is 0.187 e. The molecular weight excluding hydrogens is 290 g/mol. The number of hydrogen-bond donors (Lipinski definition) is 2. The molecule has 1 aliphatic carbocycles. The second kappa shape index (κ2) is 7.42. The van der Waals surface area contributed by atoms with Gasteiger partial charge in [-0.3, -0.25) is 0 Å². The fourth-order valence-corrected chi connectivity index (χ4v) is 2.83. The van der Waals surface area contributed by atoms with Gasteiger partial charge in [0.05, 0.1) is 12.3 Å². The summed E-state index contributed by atoms with van der Waals surface area (Å²) in [7, 11) is 0. The number of ether oxygens (including phenoxy) is 1. The van der Waals surface area contributed by atoms with Gasteiger partial charge < -0.3 is 15.2 Å². The van der Waals surface area contributed by atoms with E-state index in [-0.39, 0.29) is 6.10 Å². The third-order valence-corrected chi connectivity index (χ3v) is 4.28. The Morgan fingerprint density at radius 2 is 1.91 bits per heavy atom. The Balaban J connectivity index is 1.69. The van der Waals surface area contributed by atoms with Gasteiger partial charge in [-0.2, -0.15) is 0 Å². The van der Waals surface area contributed by atoms with Gasteiger partial charge in [-0.25, -0.2) is 9.97 Å². The largest absolute Gasteiger partial charge is 0.452 e. The standard InChI is InChI=1S/C18H23N3O2/c1-2-13-3-9-16(10-4-13)23-17-11-19-12-20-18(17)21-14-5-7-15(22)8-6-14/h3-4,9-12,14-15,22H,2,5-8H2,1H3,(H,19,20,21)/t14-,15-. The fourth-order valence-electron chi connectivity index (χ4n) is 2.83. The van der Waals surface area contributed by atoms with Crippen molar-refractivity contribution in [2.45, 2.75) is 51.2 Å². The van der Waals surface area contributed by atoms with Crippen LogP contribution in [0.1, 0.15) is 38.2 Å². The summed E-state index contributed by atoms with van der Waals surface area (Å²) in [6.45, 7) is 2.13. The number of aromatic nitrogens is 2. The number of benzene rings is 1. The third kappa shape index (κ3) is 4.20. The second-order valence-corrected chi connectivity index (χ2v) is 5.98. The van der Waals surface area contributed by atoms with Crippen molar-refractivity contribution < 1.29 is 9.84 Å². The molecular formula is C18H23N3O2. The van der Waals surface area contributed by atoms with Gasteiger partial charge in [-0.1, -0.05) is 19.1 Å². The molecule has 1 aliphatic rings. The van der Waals surface area contributed by atoms with E-state index >= 15 is 0 Å². The van der Waals surface area contributed by atoms with E-state index in [2.05, 4.69) is 34.3 Å². The van der Waals surface area contributed by atoms with E-state index in [1.807, 2.05) is 12.1 Å². The van der Waals surface area contributed by atoms with Crippen LogP contribution in [-0.2, 0) is 6.42 Å². The lowest BCUT2D eigenvalue weighted by molar-refractivity contribution is 0.126. The minimum atomic E-state index is -0.161. The van der Waals surface area contributed by atoms with E-state index in [1.165, 1.54) is 11.9 Å². The molecule has 1 aromatic carbocycles. The van der Waals surface area contributed by atoms with Gasteiger partial charge in [0.2, 0.25) is 0 Å². The van der Waals surface area contributed by atoms with Crippen molar-refractivity contribution in [3.8, 4) is 11.5 Å². The number of nitrogens with zero attached hydrogens (tertiary/aromatic N) is 2. The molecule has 0 atom stereocenters. The van der Waals surface area contributed by atoms with Crippen LogP contribution >= 0.6 is 0 Å². The van der Waals surface area contributed by atoms with Crippen LogP contribution in [0.2, 0.25) is 0 Å². The number of hydrogen-bond acceptors (Lipinski definition) is 5. The molecule has 5 nitrogen and oxygen atoms in total. The molecule has 0 aliphatic heterocycles. The lowest BCUT2D eigenvalue weighted by Crippen LogP contribution is -2.28. The Morgan fingerprint density at radius 3 is 2.61 bits per heavy atom. The Kier molecular flexibility index (Phi) is 5.08. The quantitative estimate of drug-likeness (QED) is 0.883. The maximum absolute atomic E-state index is 9.61. The molecule has 1 fully saturated rings. The minimum absolute atomic E-state index is 0.161. The van der Waals surface area contributed by atoms with Gasteiger partial charge >= 0.3 is 0 Å². The van der Waals surface area contributed by atoms with Crippen LogP contribution in [0.4, 0.5) is 5.82 Å². The van der Waals surface area contributed by atoms with Crippen LogP contribution in [0, 0.1) is 0 Å². The average molecular weight is 313 g/mol. The molecule has 0 unspecified atom stereocenters. The maximum atomic E-state index is 9.61. The van der Waals surface area contributed by atoms with Crippen LogP contribution in [0.3, 0.4) is 0 Å². The molecule has 5 heteroatoms. The number of anilines is 1. The summed E-state index contributed by atoms with van der Waals surface area (Å²) in [5.74, 6) is 2.11. The van der Waals surface area contributed by atoms with Crippen molar-refractivity contribution in [2.75, 3.05) is 5.32 Å². The van der Waals surface area contributed by atoms with Crippen LogP contribution in [-0.4, -0.2) is 27.2 Å². The highest BCUT2D eigenvalue weighted by Gasteiger charge is 2.20. The van der Waals surface area contributed by atoms with Gasteiger partial charge in [0.1, 0.15) is 12.1 Å². The number of rotatable bonds is 5. The van der Waals surface area contributed by atoms with Gasteiger partial charge in [-0.15, -0.1) is 0 Å². The zero-order valence-electron chi connectivity index (χ0n) is 13.4. The molecule has 0 saturated heterocycles. The smallest absolute Gasteiger partial charge is 0.187 e. The van der Waals surface area contributed by atoms with E-state index in [0.29, 0.717) is 17.6 Å². The summed E-state index contributed by atoms with van der Waals surface area (Å²) < 4.78 is 5.93. The monoisotopic (exact) mass is 313 g/mol. The summed E-state index contributed by atoms with van der Waals surface area (Å²) in [5.41, 5.74) is 1.28. The van der Waals surface area contributed by atoms with E-state index in [9.17, 15) is 5.11 Å². The third-order valence-electron chi connectivity index (χ3n) is 4.28. The first kappa shape index (κ1) is 15.7. The van der Waals surface area contributed by atoms with Crippen LogP contribution in [0.5, 0.6) is 11.5 Å². The first-order valence-corrected chi connectivity index (χ1v) is 8.26. The lowest BCUT2D eigenvalue weighted by atomic mass is 9.93. The Labute approximate surface area is 136 Å². The predicted octanol–water partition coefficient (Wildman–Crippen LogP) is 3.55. The van der Waals surface area contributed by atoms with Crippen molar-refractivity contribution in [3.63, 3.8) is 0 Å². The lowest BCUT2D eigenvalue weighted by Gasteiger charge is -2.27. The average Bonchev–Trinajstić information content (AvgIpc) is 2.59. The van der Waals surface area contributed by atoms with Gasteiger partial charge in [0.15, 0.2) is 11.6 Å². The highest BCUT2D eigenvalue weighted by molar-refractivity contribution is 5.50. The van der Waals surface area contributed by atoms with Gasteiger partial charge in [0.25, 0.3) is 0 Å². The Hall–Kier alpha value is -2.14. The van der Waals surface area contributed by atoms with Gasteiger partial charge in [0, 0.05) is 6.04 Å². The van der Waals surface area contributed by atoms with Gasteiger partial charge in [-0.05, 0) is 49.8 Å². The number of aliphatic hydroxyl groups excluding tert-OH is 1. The molecule has 1 heterocycles. The van der Waals surface area contributed by atoms with Crippen molar-refractivity contribution in [3.05, 3.63) is 42.4 Å². The molecule has 2 aromatic rings. The fraction of sp³-hybridized carbons (Fsp3) is 0.444. The van der Waals surface area contributed by atoms with Crippen LogP contribution in [0.25, 0.3) is 0 Å². The summed E-state index contributed by atoms with van der Waals surface area (Å²) in [5, 5.41) is 13.0. The molecule has 1 saturated carbocycles. The number of nitrogens with one attached hydrogen (secondary N) is 1. The SMILES string of the molecule is CCc1ccc(Oc2cncnc2N[C@H]2CC[C@H](O)CC2)cc1. The van der Waals surface area contributed by atoms with Crippen LogP contribution < -0.4 is 10.1 Å². The second-order valence-electron chi connectivity index (χ2n) is 5.98. The zero-order chi connectivity index (χ0) is 16.1. The molecule has 0 bridgehead atoms. The Bertz CT molecular complexity index is 622. The predicted molar refractivity (Wildman–Crippen MR) is 89.8 cm³/mol. The van der Waals surface area contributed by atoms with Crippen molar-refractivity contribution in [1.82, 2.24) is 9.97 Å². The normalized spacial score (nSPS) is 21.0. The Morgan fingerprint density at radius 1 is 1.17 bits per heavy atom. The van der Waals surface area contributed by atoms with E-state index in [0.717, 1.165) is 37.9 Å². The summed E-state index contributed by atoms with van der Waals surface area (Å²) in [6, 6.07) is 8.38. The molecule has 23 heavy (non-hydrogen) atoms. The molecule has 122 valence electrons. The summed E-state index contributed by atoms with van der Waals surface area (Å²) >= 11 is 0. The highest BCUT2D eigenvalue weighted by atomic mass is 16.5. The minimum Gasteiger partial charge on any atom is -0.452 e. The first-order chi connectivity index (χ1) is 11.2.